The number of benzene rings is 3. The number of phenolic OH excluding ortho intramolecular Hbond substituents is 4. The predicted molar refractivity (Wildman–Crippen MR) is 151 cm³/mol. The quantitative estimate of drug-likeness (QED) is 0.0733. The van der Waals surface area contributed by atoms with E-state index >= 15 is 0 Å². The van der Waals surface area contributed by atoms with E-state index in [4.69, 9.17) is 9.25 Å². The molecule has 0 radical (unpaired) electrons. The van der Waals surface area contributed by atoms with Crippen LogP contribution in [0.2, 0.25) is 25.7 Å². The molecule has 0 aliphatic carbocycles. The molecule has 0 aliphatic heterocycles. The third-order valence-corrected chi connectivity index (χ3v) is 7.80. The van der Waals surface area contributed by atoms with E-state index in [1.807, 2.05) is 0 Å². The van der Waals surface area contributed by atoms with Gasteiger partial charge in [-0.3, -0.25) is 9.59 Å². The molecule has 1 heterocycles. The molecule has 4 rings (SSSR count). The van der Waals surface area contributed by atoms with Crippen LogP contribution in [-0.4, -0.2) is 41.0 Å². The lowest BCUT2D eigenvalue weighted by molar-refractivity contribution is 0.0953. The summed E-state index contributed by atoms with van der Waals surface area (Å²) in [6.07, 6.45) is 0.927. The van der Waals surface area contributed by atoms with Gasteiger partial charge in [0.15, 0.2) is 5.76 Å². The predicted octanol–water partition coefficient (Wildman–Crippen LogP) is 5.82. The fraction of sp³-hybridized carbons (Fsp3) is 0.214. The minimum absolute atomic E-state index is 0.0231. The Bertz CT molecular complexity index is 1640. The van der Waals surface area contributed by atoms with Gasteiger partial charge in [0.05, 0.1) is 11.3 Å². The van der Waals surface area contributed by atoms with Crippen LogP contribution in [0, 0.1) is 0 Å². The summed E-state index contributed by atoms with van der Waals surface area (Å²) < 4.78 is 5.72. The average Bonchev–Trinajstić information content (AvgIpc) is 2.87. The molecule has 0 spiro atoms. The molecule has 5 N–H and O–H groups in total. The second kappa shape index (κ2) is 11.5. The summed E-state index contributed by atoms with van der Waals surface area (Å²) in [6.45, 7) is 7.45. The Morgan fingerprint density at radius 1 is 0.950 bits per heavy atom. The van der Waals surface area contributed by atoms with Gasteiger partial charge in [-0.25, -0.2) is 0 Å². The topological polar surface area (TPSA) is 174 Å². The molecule has 12 heteroatoms. The van der Waals surface area contributed by atoms with Crippen LogP contribution in [0.4, 0.5) is 5.69 Å². The van der Waals surface area contributed by atoms with E-state index < -0.39 is 30.8 Å². The van der Waals surface area contributed by atoms with E-state index in [1.165, 1.54) is 12.1 Å². The minimum Gasteiger partial charge on any atom is -0.508 e. The van der Waals surface area contributed by atoms with Gasteiger partial charge in [-0.1, -0.05) is 25.7 Å². The van der Waals surface area contributed by atoms with Gasteiger partial charge in [0.25, 0.3) is 11.7 Å². The second-order valence-corrected chi connectivity index (χ2v) is 16.0. The summed E-state index contributed by atoms with van der Waals surface area (Å²) in [5, 5.41) is 50.3. The fourth-order valence-corrected chi connectivity index (χ4v) is 5.19. The van der Waals surface area contributed by atoms with Crippen molar-refractivity contribution in [2.75, 3.05) is 6.54 Å². The van der Waals surface area contributed by atoms with Crippen LogP contribution in [0.3, 0.4) is 0 Å². The second-order valence-electron chi connectivity index (χ2n) is 10.4. The molecule has 3 aromatic carbocycles. The number of nitrogens with zero attached hydrogens (tertiary/aromatic N) is 2. The van der Waals surface area contributed by atoms with Crippen molar-refractivity contribution >= 4 is 30.6 Å². The summed E-state index contributed by atoms with van der Waals surface area (Å²) in [7, 11) is -1.16. The number of fused-ring (bicyclic) bond motifs is 1. The first-order valence-corrected chi connectivity index (χ1v) is 16.1. The first kappa shape index (κ1) is 28.2. The van der Waals surface area contributed by atoms with Crippen molar-refractivity contribution in [1.29, 1.82) is 0 Å². The van der Waals surface area contributed by atoms with Gasteiger partial charge in [0.1, 0.15) is 34.0 Å². The Morgan fingerprint density at radius 3 is 2.33 bits per heavy atom. The smallest absolute Gasteiger partial charge is 0.251 e. The summed E-state index contributed by atoms with van der Waals surface area (Å²) in [5.41, 5.74) is -0.274. The van der Waals surface area contributed by atoms with Crippen molar-refractivity contribution in [1.82, 2.24) is 5.32 Å². The van der Waals surface area contributed by atoms with Crippen molar-refractivity contribution in [2.45, 2.75) is 32.1 Å². The highest BCUT2D eigenvalue weighted by molar-refractivity contribution is 6.76. The number of nitrogens with one attached hydrogen (secondary N) is 1. The van der Waals surface area contributed by atoms with Crippen LogP contribution in [-0.2, 0) is 0 Å². The normalized spacial score (nSPS) is 11.7. The molecule has 0 atom stereocenters. The van der Waals surface area contributed by atoms with Gasteiger partial charge < -0.3 is 35.0 Å². The Balaban J connectivity index is 1.58. The van der Waals surface area contributed by atoms with Crippen LogP contribution < -0.4 is 15.6 Å². The molecule has 0 aliphatic rings. The highest BCUT2D eigenvalue weighted by Gasteiger charge is 2.23. The molecule has 208 valence electrons. The van der Waals surface area contributed by atoms with E-state index in [0.717, 1.165) is 30.7 Å². The van der Waals surface area contributed by atoms with E-state index in [-0.39, 0.29) is 39.7 Å². The zero-order valence-corrected chi connectivity index (χ0v) is 23.1. The molecule has 1 aromatic heterocycles. The lowest BCUT2D eigenvalue weighted by Gasteiger charge is -2.15. The molecule has 0 saturated carbocycles. The fourth-order valence-electron chi connectivity index (χ4n) is 3.95. The van der Waals surface area contributed by atoms with Crippen LogP contribution >= 0.6 is 0 Å². The van der Waals surface area contributed by atoms with Gasteiger partial charge in [-0.05, 0) is 42.8 Å². The lowest BCUT2D eigenvalue weighted by Crippen LogP contribution is -2.27. The largest absolute Gasteiger partial charge is 0.508 e. The minimum atomic E-state index is -1.16. The number of phenols is 4. The van der Waals surface area contributed by atoms with Crippen molar-refractivity contribution in [2.24, 2.45) is 10.4 Å². The van der Waals surface area contributed by atoms with Gasteiger partial charge in [0.2, 0.25) is 5.43 Å². The zero-order valence-electron chi connectivity index (χ0n) is 22.1. The maximum absolute atomic E-state index is 13.3. The van der Waals surface area contributed by atoms with Crippen LogP contribution in [0.1, 0.15) is 16.8 Å². The highest BCUT2D eigenvalue weighted by Crippen LogP contribution is 2.40. The van der Waals surface area contributed by atoms with Crippen LogP contribution in [0.25, 0.3) is 22.3 Å². The van der Waals surface area contributed by atoms with E-state index in [2.05, 4.69) is 35.3 Å². The maximum atomic E-state index is 13.3. The number of amides is 1. The molecule has 11 nitrogen and oxygen atoms in total. The summed E-state index contributed by atoms with van der Waals surface area (Å²) in [6, 6.07) is 13.0. The van der Waals surface area contributed by atoms with E-state index in [0.29, 0.717) is 17.8 Å². The standard InChI is InChI=1S/C28H29N3O8Si/c1-40(2,3)12-4-11-29-28(37)16-5-7-17(8-6-16)30-31-39-27-25(36)24-22(35)14-19(33)15-23(24)38-26(27)20-10-9-18(32)13-21(20)34/h5-10,13-15,32-35H,4,11-12H2,1-3H3,(H,29,37). The Kier molecular flexibility index (Phi) is 8.10. The van der Waals surface area contributed by atoms with Crippen molar-refractivity contribution < 1.29 is 34.5 Å². The number of carbonyl (C=O) groups excluding carboxylic acids is 1. The monoisotopic (exact) mass is 563 g/mol. The van der Waals surface area contributed by atoms with Crippen LogP contribution in [0.5, 0.6) is 28.7 Å². The molecule has 0 unspecified atom stereocenters. The summed E-state index contributed by atoms with van der Waals surface area (Å²) in [5.74, 6) is -2.55. The summed E-state index contributed by atoms with van der Waals surface area (Å²) >= 11 is 0. The Morgan fingerprint density at radius 2 is 1.65 bits per heavy atom. The van der Waals surface area contributed by atoms with E-state index in [9.17, 15) is 30.0 Å². The van der Waals surface area contributed by atoms with Crippen molar-refractivity contribution in [3.8, 4) is 40.1 Å². The molecule has 0 bridgehead atoms. The van der Waals surface area contributed by atoms with Crippen LogP contribution in [0.15, 0.2) is 74.2 Å². The third kappa shape index (κ3) is 6.59. The molecule has 0 fully saturated rings. The van der Waals surface area contributed by atoms with Gasteiger partial charge in [0, 0.05) is 43.7 Å². The molecule has 0 saturated heterocycles. The Labute approximate surface area is 230 Å². The molecular weight excluding hydrogens is 534 g/mol. The first-order valence-electron chi connectivity index (χ1n) is 12.4. The zero-order chi connectivity index (χ0) is 29.0. The molecule has 40 heavy (non-hydrogen) atoms. The van der Waals surface area contributed by atoms with Gasteiger partial charge >= 0.3 is 0 Å². The first-order chi connectivity index (χ1) is 18.9. The van der Waals surface area contributed by atoms with Crippen molar-refractivity contribution in [3.63, 3.8) is 0 Å². The number of aromatic hydroxyl groups is 4. The van der Waals surface area contributed by atoms with Gasteiger partial charge in [-0.15, -0.1) is 5.11 Å². The molecular formula is C28H29N3O8Si. The molecule has 4 aromatic rings. The van der Waals surface area contributed by atoms with Crippen molar-refractivity contribution in [3.05, 3.63) is 70.4 Å². The number of hydrogen-bond donors (Lipinski definition) is 5. The highest BCUT2D eigenvalue weighted by atomic mass is 28.3. The van der Waals surface area contributed by atoms with E-state index in [1.54, 1.807) is 24.3 Å². The van der Waals surface area contributed by atoms with Gasteiger partial charge in [-0.2, -0.15) is 0 Å². The number of carbonyl (C=O) groups is 1. The Hall–Kier alpha value is -4.84. The number of rotatable bonds is 9. The summed E-state index contributed by atoms with van der Waals surface area (Å²) in [4.78, 5) is 31.0. The SMILES string of the molecule is C[Si](C)(C)CCCNC(=O)c1ccc(N=NOc2c(-c3ccc(O)cc3O)oc3cc(O)cc(O)c3c2=O)cc1. The number of hydrogen-bond acceptors (Lipinski definition) is 10. The third-order valence-electron chi connectivity index (χ3n) is 5.95. The maximum Gasteiger partial charge on any atom is 0.251 e. The molecule has 1 amide bonds. The average molecular weight is 564 g/mol. The lowest BCUT2D eigenvalue weighted by atomic mass is 10.1.